The van der Waals surface area contributed by atoms with Gasteiger partial charge in [0.25, 0.3) is 0 Å². The van der Waals surface area contributed by atoms with Gasteiger partial charge in [0.05, 0.1) is 12.5 Å². The second-order valence-corrected chi connectivity index (χ2v) is 3.87. The lowest BCUT2D eigenvalue weighted by Crippen LogP contribution is -2.26. The van der Waals surface area contributed by atoms with Crippen molar-refractivity contribution in [2.75, 3.05) is 0 Å². The van der Waals surface area contributed by atoms with Gasteiger partial charge in [0.1, 0.15) is 11.5 Å². The number of nitrogens with one attached hydrogen (secondary N) is 1. The smallest absolute Gasteiger partial charge is 0.163 e. The molecule has 2 rings (SSSR count). The van der Waals surface area contributed by atoms with Crippen molar-refractivity contribution in [1.29, 1.82) is 0 Å². The molecule has 80 valence electrons. The first-order valence-corrected chi connectivity index (χ1v) is 5.25. The molecule has 1 aromatic heterocycles. The highest BCUT2D eigenvalue weighted by Crippen LogP contribution is 2.23. The van der Waals surface area contributed by atoms with E-state index in [1.807, 2.05) is 19.1 Å². The summed E-state index contributed by atoms with van der Waals surface area (Å²) in [6, 6.07) is 4.12. The zero-order chi connectivity index (χ0) is 10.8. The molecular weight excluding hydrogens is 190 g/mol. The molecule has 1 N–H and O–H groups in total. The van der Waals surface area contributed by atoms with E-state index in [1.165, 1.54) is 0 Å². The average molecular weight is 205 g/mol. The minimum atomic E-state index is 0.179. The first-order valence-electron chi connectivity index (χ1n) is 5.25. The van der Waals surface area contributed by atoms with E-state index in [0.29, 0.717) is 6.42 Å². The SMILES string of the molecule is CC[C@@H](NC1=CC(=O)C1)c1ccc(C)o1. The summed E-state index contributed by atoms with van der Waals surface area (Å²) in [5, 5.41) is 3.31. The van der Waals surface area contributed by atoms with Crippen molar-refractivity contribution in [2.45, 2.75) is 32.7 Å². The van der Waals surface area contributed by atoms with Crippen molar-refractivity contribution >= 4 is 5.78 Å². The zero-order valence-electron chi connectivity index (χ0n) is 9.04. The number of hydrogen-bond acceptors (Lipinski definition) is 3. The van der Waals surface area contributed by atoms with Crippen LogP contribution < -0.4 is 5.32 Å². The lowest BCUT2D eigenvalue weighted by atomic mass is 10.0. The Labute approximate surface area is 89.2 Å². The van der Waals surface area contributed by atoms with Gasteiger partial charge in [-0.25, -0.2) is 0 Å². The number of allylic oxidation sites excluding steroid dienone is 2. The zero-order valence-corrected chi connectivity index (χ0v) is 9.04. The molecule has 0 spiro atoms. The van der Waals surface area contributed by atoms with E-state index in [0.717, 1.165) is 23.6 Å². The Morgan fingerprint density at radius 3 is 2.73 bits per heavy atom. The third kappa shape index (κ3) is 2.12. The molecule has 3 nitrogen and oxygen atoms in total. The lowest BCUT2D eigenvalue weighted by Gasteiger charge is -2.21. The van der Waals surface area contributed by atoms with Crippen molar-refractivity contribution < 1.29 is 9.21 Å². The van der Waals surface area contributed by atoms with Gasteiger partial charge >= 0.3 is 0 Å². The first kappa shape index (κ1) is 10.0. The van der Waals surface area contributed by atoms with Gasteiger partial charge in [0, 0.05) is 11.8 Å². The summed E-state index contributed by atoms with van der Waals surface area (Å²) >= 11 is 0. The second kappa shape index (κ2) is 3.93. The molecule has 1 atom stereocenters. The number of rotatable bonds is 4. The van der Waals surface area contributed by atoms with Crippen LogP contribution in [0.4, 0.5) is 0 Å². The van der Waals surface area contributed by atoms with Gasteiger partial charge in [-0.2, -0.15) is 0 Å². The van der Waals surface area contributed by atoms with Gasteiger partial charge in [0.15, 0.2) is 5.78 Å². The third-order valence-electron chi connectivity index (χ3n) is 2.57. The Balaban J connectivity index is 2.05. The Morgan fingerprint density at radius 1 is 1.53 bits per heavy atom. The van der Waals surface area contributed by atoms with E-state index in [4.69, 9.17) is 4.42 Å². The molecule has 3 heteroatoms. The molecule has 1 aliphatic carbocycles. The van der Waals surface area contributed by atoms with Crippen LogP contribution >= 0.6 is 0 Å². The number of aryl methyl sites for hydroxylation is 1. The van der Waals surface area contributed by atoms with Crippen molar-refractivity contribution in [3.63, 3.8) is 0 Å². The van der Waals surface area contributed by atoms with Crippen molar-refractivity contribution in [3.05, 3.63) is 35.4 Å². The molecule has 0 amide bonds. The van der Waals surface area contributed by atoms with Crippen LogP contribution in [0, 0.1) is 6.92 Å². The highest BCUT2D eigenvalue weighted by atomic mass is 16.3. The number of carbonyl (C=O) groups is 1. The largest absolute Gasteiger partial charge is 0.464 e. The normalized spacial score (nSPS) is 16.9. The fourth-order valence-corrected chi connectivity index (χ4v) is 1.68. The molecule has 0 fully saturated rings. The number of furan rings is 1. The highest BCUT2D eigenvalue weighted by molar-refractivity contribution is 5.98. The Hall–Kier alpha value is -1.51. The molecule has 1 aliphatic rings. The van der Waals surface area contributed by atoms with Gasteiger partial charge in [-0.3, -0.25) is 4.79 Å². The monoisotopic (exact) mass is 205 g/mol. The summed E-state index contributed by atoms with van der Waals surface area (Å²) in [6.45, 7) is 4.03. The van der Waals surface area contributed by atoms with Crippen molar-refractivity contribution in [3.8, 4) is 0 Å². The molecule has 0 saturated heterocycles. The summed E-state index contributed by atoms with van der Waals surface area (Å²) < 4.78 is 5.56. The van der Waals surface area contributed by atoms with Gasteiger partial charge < -0.3 is 9.73 Å². The lowest BCUT2D eigenvalue weighted by molar-refractivity contribution is -0.115. The summed E-state index contributed by atoms with van der Waals surface area (Å²) in [7, 11) is 0. The first-order chi connectivity index (χ1) is 7.19. The van der Waals surface area contributed by atoms with Gasteiger partial charge in [0.2, 0.25) is 0 Å². The van der Waals surface area contributed by atoms with Crippen LogP contribution in [0.15, 0.2) is 28.3 Å². The van der Waals surface area contributed by atoms with Crippen LogP contribution in [-0.4, -0.2) is 5.78 Å². The fourth-order valence-electron chi connectivity index (χ4n) is 1.68. The predicted molar refractivity (Wildman–Crippen MR) is 57.3 cm³/mol. The van der Waals surface area contributed by atoms with E-state index in [1.54, 1.807) is 6.08 Å². The van der Waals surface area contributed by atoms with Crippen LogP contribution in [0.5, 0.6) is 0 Å². The van der Waals surface area contributed by atoms with E-state index in [-0.39, 0.29) is 11.8 Å². The summed E-state index contributed by atoms with van der Waals surface area (Å²) in [4.78, 5) is 10.8. The van der Waals surface area contributed by atoms with Crippen molar-refractivity contribution in [1.82, 2.24) is 5.32 Å². The minimum absolute atomic E-state index is 0.179. The summed E-state index contributed by atoms with van der Waals surface area (Å²) in [6.07, 6.45) is 3.13. The molecule has 0 unspecified atom stereocenters. The third-order valence-corrected chi connectivity index (χ3v) is 2.57. The van der Waals surface area contributed by atoms with Crippen LogP contribution in [0.25, 0.3) is 0 Å². The van der Waals surface area contributed by atoms with E-state index < -0.39 is 0 Å². The number of carbonyl (C=O) groups excluding carboxylic acids is 1. The maximum absolute atomic E-state index is 10.8. The molecule has 0 aromatic carbocycles. The quantitative estimate of drug-likeness (QED) is 0.821. The topological polar surface area (TPSA) is 42.2 Å². The molecule has 0 bridgehead atoms. The van der Waals surface area contributed by atoms with Gasteiger partial charge in [-0.15, -0.1) is 0 Å². The minimum Gasteiger partial charge on any atom is -0.464 e. The number of ketones is 1. The highest BCUT2D eigenvalue weighted by Gasteiger charge is 2.20. The van der Waals surface area contributed by atoms with Crippen LogP contribution in [0.2, 0.25) is 0 Å². The summed E-state index contributed by atoms with van der Waals surface area (Å²) in [5.41, 5.74) is 1.01. The molecule has 0 radical (unpaired) electrons. The van der Waals surface area contributed by atoms with Crippen LogP contribution in [0.1, 0.15) is 37.3 Å². The number of hydrogen-bond donors (Lipinski definition) is 1. The Morgan fingerprint density at radius 2 is 2.27 bits per heavy atom. The standard InChI is InChI=1S/C12H15NO2/c1-3-11(12-5-4-8(2)15-12)13-9-6-10(14)7-9/h4-6,11,13H,3,7H2,1-2H3/t11-/m1/s1. The van der Waals surface area contributed by atoms with E-state index >= 15 is 0 Å². The summed E-state index contributed by atoms with van der Waals surface area (Å²) in [5.74, 6) is 2.06. The maximum Gasteiger partial charge on any atom is 0.163 e. The van der Waals surface area contributed by atoms with Gasteiger partial charge in [-0.1, -0.05) is 6.92 Å². The van der Waals surface area contributed by atoms with Crippen LogP contribution in [-0.2, 0) is 4.79 Å². The maximum atomic E-state index is 10.8. The molecule has 0 saturated carbocycles. The molecule has 1 heterocycles. The van der Waals surface area contributed by atoms with E-state index in [9.17, 15) is 4.79 Å². The molecule has 1 aromatic rings. The van der Waals surface area contributed by atoms with Crippen LogP contribution in [0.3, 0.4) is 0 Å². The Kier molecular flexibility index (Phi) is 2.62. The molecular formula is C12H15NO2. The van der Waals surface area contributed by atoms with Gasteiger partial charge in [-0.05, 0) is 25.5 Å². The average Bonchev–Trinajstić information content (AvgIpc) is 2.57. The van der Waals surface area contributed by atoms with E-state index in [2.05, 4.69) is 12.2 Å². The fraction of sp³-hybridized carbons (Fsp3) is 0.417. The molecule has 15 heavy (non-hydrogen) atoms. The second-order valence-electron chi connectivity index (χ2n) is 3.87. The predicted octanol–water partition coefficient (Wildman–Crippen LogP) is 2.49. The molecule has 0 aliphatic heterocycles. The Bertz CT molecular complexity index is 404. The van der Waals surface area contributed by atoms with Crippen molar-refractivity contribution in [2.24, 2.45) is 0 Å².